The molecule has 1 heterocycles. The largest absolute Gasteiger partial charge is 0.408 e. The number of likely N-dealkylation sites (tertiary alicyclic amines) is 1. The summed E-state index contributed by atoms with van der Waals surface area (Å²) in [6.07, 6.45) is -1.48. The van der Waals surface area contributed by atoms with Gasteiger partial charge in [0.15, 0.2) is 0 Å². The third kappa shape index (κ3) is 4.72. The van der Waals surface area contributed by atoms with Gasteiger partial charge >= 0.3 is 12.2 Å². The number of halogens is 3. The number of nitrogens with two attached hydrogens (primary N) is 1. The molecule has 0 bridgehead atoms. The van der Waals surface area contributed by atoms with Gasteiger partial charge in [0, 0.05) is 13.1 Å². The van der Waals surface area contributed by atoms with Crippen molar-refractivity contribution in [3.63, 3.8) is 0 Å². The maximum atomic E-state index is 13.2. The fourth-order valence-electron chi connectivity index (χ4n) is 3.37. The summed E-state index contributed by atoms with van der Waals surface area (Å²) in [4.78, 5) is 13.3. The molecule has 3 N–H and O–H groups in total. The van der Waals surface area contributed by atoms with Gasteiger partial charge in [-0.05, 0) is 31.6 Å². The maximum absolute atomic E-state index is 13.2. The number of hydrogen-bond donors (Lipinski definition) is 2. The quantitative estimate of drug-likeness (QED) is 0.803. The highest BCUT2D eigenvalue weighted by Crippen LogP contribution is 2.35. The monoisotopic (exact) mass is 357 g/mol. The fourth-order valence-corrected chi connectivity index (χ4v) is 4.26. The number of hydrogen-bond acceptors (Lipinski definition) is 3. The lowest BCUT2D eigenvalue weighted by Gasteiger charge is -2.34. The Kier molecular flexibility index (Phi) is 5.44. The first-order valence-corrected chi connectivity index (χ1v) is 9.34. The molecular weight excluding hydrogens is 335 g/mol. The number of primary sulfonamides is 1. The summed E-state index contributed by atoms with van der Waals surface area (Å²) in [5, 5.41) is 6.22. The second-order valence-electron chi connectivity index (χ2n) is 6.31. The molecule has 6 nitrogen and oxygen atoms in total. The molecule has 0 spiro atoms. The number of piperidine rings is 1. The van der Waals surface area contributed by atoms with Gasteiger partial charge in [-0.2, -0.15) is 13.2 Å². The van der Waals surface area contributed by atoms with E-state index in [0.29, 0.717) is 25.7 Å². The molecule has 23 heavy (non-hydrogen) atoms. The Hall–Kier alpha value is -1.03. The average molecular weight is 357 g/mol. The second-order valence-corrected chi connectivity index (χ2v) is 8.16. The van der Waals surface area contributed by atoms with E-state index in [1.165, 1.54) is 0 Å². The summed E-state index contributed by atoms with van der Waals surface area (Å²) in [6, 6.07) is -2.75. The van der Waals surface area contributed by atoms with Crippen LogP contribution >= 0.6 is 0 Å². The van der Waals surface area contributed by atoms with Crippen molar-refractivity contribution < 1.29 is 26.4 Å². The van der Waals surface area contributed by atoms with E-state index < -0.39 is 39.4 Å². The van der Waals surface area contributed by atoms with Crippen LogP contribution in [0.1, 0.15) is 38.5 Å². The van der Waals surface area contributed by atoms with Crippen molar-refractivity contribution in [2.24, 2.45) is 11.1 Å². The molecular formula is C13H22F3N3O3S. The summed E-state index contributed by atoms with van der Waals surface area (Å²) in [5.74, 6) is -0.613. The van der Waals surface area contributed by atoms with Crippen molar-refractivity contribution in [3.8, 4) is 0 Å². The zero-order chi connectivity index (χ0) is 17.3. The molecule has 1 saturated heterocycles. The minimum Gasteiger partial charge on any atom is -0.326 e. The number of carbonyl (C=O) groups excluding carboxylic acids is 1. The van der Waals surface area contributed by atoms with Crippen LogP contribution in [0.3, 0.4) is 0 Å². The van der Waals surface area contributed by atoms with Gasteiger partial charge in [0.25, 0.3) is 0 Å². The van der Waals surface area contributed by atoms with Crippen molar-refractivity contribution in [3.05, 3.63) is 0 Å². The molecule has 0 aromatic heterocycles. The van der Waals surface area contributed by atoms with Crippen LogP contribution in [-0.4, -0.2) is 49.9 Å². The Bertz CT molecular complexity index is 532. The zero-order valence-electron chi connectivity index (χ0n) is 12.7. The van der Waals surface area contributed by atoms with Gasteiger partial charge in [-0.1, -0.05) is 12.8 Å². The number of nitrogens with one attached hydrogen (secondary N) is 1. The zero-order valence-corrected chi connectivity index (χ0v) is 13.5. The van der Waals surface area contributed by atoms with Gasteiger partial charge in [0.05, 0.1) is 5.25 Å². The molecule has 134 valence electrons. The third-order valence-electron chi connectivity index (χ3n) is 4.63. The third-order valence-corrected chi connectivity index (χ3v) is 5.95. The van der Waals surface area contributed by atoms with Crippen LogP contribution in [0.4, 0.5) is 18.0 Å². The summed E-state index contributed by atoms with van der Waals surface area (Å²) < 4.78 is 62.4. The SMILES string of the molecule is NS(=O)(=O)C1CCCN(C(=O)NC(C2CCCC2)C(F)(F)F)C1. The van der Waals surface area contributed by atoms with Crippen LogP contribution in [0.5, 0.6) is 0 Å². The molecule has 1 aliphatic heterocycles. The van der Waals surface area contributed by atoms with E-state index in [1.807, 2.05) is 0 Å². The highest BCUT2D eigenvalue weighted by atomic mass is 32.2. The highest BCUT2D eigenvalue weighted by Gasteiger charge is 2.47. The molecule has 0 aromatic rings. The minimum absolute atomic E-state index is 0.167. The van der Waals surface area contributed by atoms with E-state index in [9.17, 15) is 26.4 Å². The molecule has 1 aliphatic carbocycles. The van der Waals surface area contributed by atoms with E-state index in [-0.39, 0.29) is 13.1 Å². The topological polar surface area (TPSA) is 92.5 Å². The van der Waals surface area contributed by atoms with Crippen molar-refractivity contribution in [2.75, 3.05) is 13.1 Å². The predicted molar refractivity (Wildman–Crippen MR) is 78.0 cm³/mol. The highest BCUT2D eigenvalue weighted by molar-refractivity contribution is 7.89. The van der Waals surface area contributed by atoms with Crippen molar-refractivity contribution >= 4 is 16.1 Å². The first-order chi connectivity index (χ1) is 10.6. The molecule has 10 heteroatoms. The number of alkyl halides is 3. The van der Waals surface area contributed by atoms with E-state index in [4.69, 9.17) is 5.14 Å². The average Bonchev–Trinajstić information content (AvgIpc) is 2.96. The van der Waals surface area contributed by atoms with Gasteiger partial charge < -0.3 is 10.2 Å². The van der Waals surface area contributed by atoms with Crippen molar-refractivity contribution in [2.45, 2.75) is 56.0 Å². The lowest BCUT2D eigenvalue weighted by molar-refractivity contribution is -0.165. The minimum atomic E-state index is -4.51. The fraction of sp³-hybridized carbons (Fsp3) is 0.923. The Labute approximate surface area is 133 Å². The molecule has 2 rings (SSSR count). The second kappa shape index (κ2) is 6.84. The number of nitrogens with zero attached hydrogens (tertiary/aromatic N) is 1. The van der Waals surface area contributed by atoms with Crippen LogP contribution in [0.25, 0.3) is 0 Å². The number of amides is 2. The molecule has 2 atom stereocenters. The number of urea groups is 1. The molecule has 0 radical (unpaired) electrons. The summed E-state index contributed by atoms with van der Waals surface area (Å²) in [6.45, 7) is 0.0625. The molecule has 2 unspecified atom stereocenters. The van der Waals surface area contributed by atoms with Gasteiger partial charge in [0.1, 0.15) is 6.04 Å². The molecule has 0 aromatic carbocycles. The van der Waals surface area contributed by atoms with Crippen LogP contribution in [-0.2, 0) is 10.0 Å². The molecule has 2 aliphatic rings. The van der Waals surface area contributed by atoms with Crippen molar-refractivity contribution in [1.29, 1.82) is 0 Å². The van der Waals surface area contributed by atoms with E-state index in [0.717, 1.165) is 17.7 Å². The van der Waals surface area contributed by atoms with Gasteiger partial charge in [-0.25, -0.2) is 18.4 Å². The van der Waals surface area contributed by atoms with Crippen LogP contribution < -0.4 is 10.5 Å². The smallest absolute Gasteiger partial charge is 0.326 e. The molecule has 2 fully saturated rings. The molecule has 2 amide bonds. The Morgan fingerprint density at radius 2 is 1.78 bits per heavy atom. The first-order valence-electron chi connectivity index (χ1n) is 7.73. The standard InChI is InChI=1S/C13H22F3N3O3S/c14-13(15,16)11(9-4-1-2-5-9)18-12(20)19-7-3-6-10(8-19)23(17,21)22/h9-11H,1-8H2,(H,18,20)(H2,17,21,22). The van der Waals surface area contributed by atoms with Crippen LogP contribution in [0, 0.1) is 5.92 Å². The van der Waals surface area contributed by atoms with Gasteiger partial charge in [-0.15, -0.1) is 0 Å². The van der Waals surface area contributed by atoms with E-state index in [2.05, 4.69) is 5.32 Å². The van der Waals surface area contributed by atoms with E-state index in [1.54, 1.807) is 0 Å². The van der Waals surface area contributed by atoms with Crippen molar-refractivity contribution in [1.82, 2.24) is 10.2 Å². The first kappa shape index (κ1) is 18.3. The van der Waals surface area contributed by atoms with Gasteiger partial charge in [0.2, 0.25) is 10.0 Å². The van der Waals surface area contributed by atoms with Gasteiger partial charge in [-0.3, -0.25) is 0 Å². The lowest BCUT2D eigenvalue weighted by Crippen LogP contribution is -2.56. The van der Waals surface area contributed by atoms with Crippen LogP contribution in [0.15, 0.2) is 0 Å². The maximum Gasteiger partial charge on any atom is 0.408 e. The normalized spacial score (nSPS) is 25.4. The number of carbonyl (C=O) groups is 1. The van der Waals surface area contributed by atoms with E-state index >= 15 is 0 Å². The predicted octanol–water partition coefficient (Wildman–Crippen LogP) is 1.57. The number of sulfonamides is 1. The number of rotatable bonds is 3. The summed E-state index contributed by atoms with van der Waals surface area (Å²) in [5.41, 5.74) is 0. The summed E-state index contributed by atoms with van der Waals surface area (Å²) in [7, 11) is -3.81. The molecule has 1 saturated carbocycles. The van der Waals surface area contributed by atoms with Crippen LogP contribution in [0.2, 0.25) is 0 Å². The Morgan fingerprint density at radius 1 is 1.17 bits per heavy atom. The Balaban J connectivity index is 2.03. The summed E-state index contributed by atoms with van der Waals surface area (Å²) >= 11 is 0. The Morgan fingerprint density at radius 3 is 2.30 bits per heavy atom. The lowest BCUT2D eigenvalue weighted by atomic mass is 9.97.